The van der Waals surface area contributed by atoms with E-state index in [0.29, 0.717) is 12.8 Å². The Morgan fingerprint density at radius 3 is 2.43 bits per heavy atom. The van der Waals surface area contributed by atoms with Crippen molar-refractivity contribution < 1.29 is 19.5 Å². The molecule has 0 fully saturated rings. The highest BCUT2D eigenvalue weighted by Gasteiger charge is 2.17. The number of benzene rings is 1. The summed E-state index contributed by atoms with van der Waals surface area (Å²) in [6, 6.07) is 8.89. The largest absolute Gasteiger partial charge is 0.481 e. The number of primary amides is 1. The minimum absolute atomic E-state index is 0.0250. The van der Waals surface area contributed by atoms with Crippen LogP contribution in [0.15, 0.2) is 30.3 Å². The maximum atomic E-state index is 12.1. The van der Waals surface area contributed by atoms with E-state index in [1.54, 1.807) is 7.05 Å². The van der Waals surface area contributed by atoms with Gasteiger partial charge in [-0.05, 0) is 18.4 Å². The molecule has 1 aromatic rings. The molecule has 0 aliphatic carbocycles. The Morgan fingerprint density at radius 1 is 1.22 bits per heavy atom. The second-order valence-electron chi connectivity index (χ2n) is 5.41. The molecular weight excluding hydrogens is 298 g/mol. The Morgan fingerprint density at radius 2 is 1.87 bits per heavy atom. The Hall–Kier alpha value is -2.57. The summed E-state index contributed by atoms with van der Waals surface area (Å²) in [7, 11) is 1.56. The summed E-state index contributed by atoms with van der Waals surface area (Å²) in [5.74, 6) is -1.38. The van der Waals surface area contributed by atoms with E-state index in [2.05, 4.69) is 5.32 Å². The van der Waals surface area contributed by atoms with E-state index in [0.717, 1.165) is 5.56 Å². The molecule has 126 valence electrons. The van der Waals surface area contributed by atoms with Crippen LogP contribution in [0.3, 0.4) is 0 Å². The summed E-state index contributed by atoms with van der Waals surface area (Å²) in [4.78, 5) is 35.0. The molecule has 23 heavy (non-hydrogen) atoms. The number of carboxylic acid groups (broad SMARTS) is 1. The average Bonchev–Trinajstić information content (AvgIpc) is 2.51. The number of hydrogen-bond donors (Lipinski definition) is 3. The molecular formula is C16H23N3O4. The summed E-state index contributed by atoms with van der Waals surface area (Å²) < 4.78 is 0. The van der Waals surface area contributed by atoms with Crippen LogP contribution in [0, 0.1) is 0 Å². The predicted molar refractivity (Wildman–Crippen MR) is 85.8 cm³/mol. The van der Waals surface area contributed by atoms with E-state index >= 15 is 0 Å². The van der Waals surface area contributed by atoms with Crippen molar-refractivity contribution in [1.82, 2.24) is 10.2 Å². The molecule has 0 saturated carbocycles. The van der Waals surface area contributed by atoms with Crippen molar-refractivity contribution >= 4 is 17.9 Å². The van der Waals surface area contributed by atoms with Gasteiger partial charge >= 0.3 is 12.0 Å². The van der Waals surface area contributed by atoms with Crippen molar-refractivity contribution in [3.05, 3.63) is 35.9 Å². The summed E-state index contributed by atoms with van der Waals surface area (Å²) in [5, 5.41) is 11.7. The van der Waals surface area contributed by atoms with E-state index in [-0.39, 0.29) is 31.5 Å². The topological polar surface area (TPSA) is 113 Å². The number of amides is 3. The number of rotatable bonds is 9. The van der Waals surface area contributed by atoms with E-state index in [4.69, 9.17) is 10.8 Å². The molecule has 0 aromatic heterocycles. The summed E-state index contributed by atoms with van der Waals surface area (Å²) >= 11 is 0. The Kier molecular flexibility index (Phi) is 7.59. The Labute approximate surface area is 135 Å². The van der Waals surface area contributed by atoms with Gasteiger partial charge in [-0.3, -0.25) is 9.59 Å². The van der Waals surface area contributed by atoms with E-state index in [9.17, 15) is 14.4 Å². The molecule has 1 aromatic carbocycles. The number of carbonyl (C=O) groups excluding carboxylic acids is 2. The first-order chi connectivity index (χ1) is 10.9. The van der Waals surface area contributed by atoms with Crippen molar-refractivity contribution in [2.24, 2.45) is 5.73 Å². The summed E-state index contributed by atoms with van der Waals surface area (Å²) in [6.45, 7) is 0.220. The zero-order valence-electron chi connectivity index (χ0n) is 13.2. The van der Waals surface area contributed by atoms with Crippen LogP contribution in [0.2, 0.25) is 0 Å². The minimum atomic E-state index is -0.903. The predicted octanol–water partition coefficient (Wildman–Crippen LogP) is 0.979. The smallest absolute Gasteiger partial charge is 0.317 e. The third-order valence-corrected chi connectivity index (χ3v) is 3.40. The van der Waals surface area contributed by atoms with Crippen molar-refractivity contribution in [3.8, 4) is 0 Å². The van der Waals surface area contributed by atoms with Crippen molar-refractivity contribution in [2.45, 2.75) is 31.7 Å². The molecule has 7 heteroatoms. The molecule has 0 radical (unpaired) electrons. The number of hydrogen-bond acceptors (Lipinski definition) is 3. The zero-order valence-corrected chi connectivity index (χ0v) is 13.2. The molecule has 1 rings (SSSR count). The van der Waals surface area contributed by atoms with Crippen molar-refractivity contribution in [1.29, 1.82) is 0 Å². The van der Waals surface area contributed by atoms with E-state index in [1.807, 2.05) is 30.3 Å². The van der Waals surface area contributed by atoms with Crippen LogP contribution in [0.25, 0.3) is 0 Å². The molecule has 0 saturated heterocycles. The third kappa shape index (κ3) is 7.85. The highest BCUT2D eigenvalue weighted by Crippen LogP contribution is 2.08. The van der Waals surface area contributed by atoms with Crippen LogP contribution in [0.1, 0.15) is 24.8 Å². The number of aliphatic carboxylic acids is 1. The van der Waals surface area contributed by atoms with Gasteiger partial charge in [-0.25, -0.2) is 4.79 Å². The fraction of sp³-hybridized carbons (Fsp3) is 0.438. The second kappa shape index (κ2) is 9.45. The van der Waals surface area contributed by atoms with Gasteiger partial charge in [-0.15, -0.1) is 0 Å². The van der Waals surface area contributed by atoms with Crippen LogP contribution < -0.4 is 11.1 Å². The first-order valence-electron chi connectivity index (χ1n) is 7.44. The monoisotopic (exact) mass is 321 g/mol. The minimum Gasteiger partial charge on any atom is -0.481 e. The van der Waals surface area contributed by atoms with Crippen LogP contribution in [0.5, 0.6) is 0 Å². The van der Waals surface area contributed by atoms with Crippen molar-refractivity contribution in [2.75, 3.05) is 13.6 Å². The van der Waals surface area contributed by atoms with Gasteiger partial charge in [-0.1, -0.05) is 30.3 Å². The maximum Gasteiger partial charge on any atom is 0.317 e. The highest BCUT2D eigenvalue weighted by molar-refractivity contribution is 5.77. The van der Waals surface area contributed by atoms with Gasteiger partial charge in [0.05, 0.1) is 0 Å². The quantitative estimate of drug-likeness (QED) is 0.629. The van der Waals surface area contributed by atoms with Gasteiger partial charge in [0.1, 0.15) is 0 Å². The lowest BCUT2D eigenvalue weighted by atomic mass is 10.0. The number of carbonyl (C=O) groups is 3. The van der Waals surface area contributed by atoms with Gasteiger partial charge in [0.25, 0.3) is 0 Å². The van der Waals surface area contributed by atoms with Gasteiger partial charge in [0, 0.05) is 32.5 Å². The fourth-order valence-electron chi connectivity index (χ4n) is 2.09. The third-order valence-electron chi connectivity index (χ3n) is 3.40. The lowest BCUT2D eigenvalue weighted by molar-refractivity contribution is -0.137. The van der Waals surface area contributed by atoms with Gasteiger partial charge in [0.2, 0.25) is 5.91 Å². The average molecular weight is 321 g/mol. The Bertz CT molecular complexity index is 533. The summed E-state index contributed by atoms with van der Waals surface area (Å²) in [6.07, 6.45) is 0.939. The highest BCUT2D eigenvalue weighted by atomic mass is 16.4. The number of nitrogens with two attached hydrogens (primary N) is 1. The molecule has 4 N–H and O–H groups in total. The molecule has 3 amide bonds. The van der Waals surface area contributed by atoms with Gasteiger partial charge in [0.15, 0.2) is 0 Å². The molecule has 0 bridgehead atoms. The SMILES string of the molecule is CN(CCC(N)=O)C(=O)NC(CCC(=O)O)Cc1ccccc1. The van der Waals surface area contributed by atoms with E-state index < -0.39 is 11.9 Å². The number of nitrogens with one attached hydrogen (secondary N) is 1. The first kappa shape index (κ1) is 18.5. The van der Waals surface area contributed by atoms with Crippen LogP contribution >= 0.6 is 0 Å². The number of nitrogens with zero attached hydrogens (tertiary/aromatic N) is 1. The fourth-order valence-corrected chi connectivity index (χ4v) is 2.09. The molecule has 7 nitrogen and oxygen atoms in total. The van der Waals surface area contributed by atoms with Crippen LogP contribution in [0.4, 0.5) is 4.79 Å². The van der Waals surface area contributed by atoms with Crippen LogP contribution in [-0.4, -0.2) is 47.5 Å². The van der Waals surface area contributed by atoms with Gasteiger partial charge in [-0.2, -0.15) is 0 Å². The molecule has 0 heterocycles. The molecule has 0 spiro atoms. The lowest BCUT2D eigenvalue weighted by Crippen LogP contribution is -2.45. The molecule has 1 unspecified atom stereocenters. The molecule has 0 aliphatic heterocycles. The standard InChI is InChI=1S/C16H23N3O4/c1-19(10-9-14(17)20)16(23)18-13(7-8-15(21)22)11-12-5-3-2-4-6-12/h2-6,13H,7-11H2,1H3,(H2,17,20)(H,18,23)(H,21,22). The summed E-state index contributed by atoms with van der Waals surface area (Å²) in [5.41, 5.74) is 6.08. The number of urea groups is 1. The number of carboxylic acids is 1. The lowest BCUT2D eigenvalue weighted by Gasteiger charge is -2.23. The van der Waals surface area contributed by atoms with Gasteiger partial charge < -0.3 is 21.1 Å². The second-order valence-corrected chi connectivity index (χ2v) is 5.41. The van der Waals surface area contributed by atoms with Crippen LogP contribution in [-0.2, 0) is 16.0 Å². The maximum absolute atomic E-state index is 12.1. The van der Waals surface area contributed by atoms with Crippen molar-refractivity contribution in [3.63, 3.8) is 0 Å². The zero-order chi connectivity index (χ0) is 17.2. The molecule has 1 atom stereocenters. The van der Waals surface area contributed by atoms with E-state index in [1.165, 1.54) is 4.90 Å². The molecule has 0 aliphatic rings. The normalized spacial score (nSPS) is 11.5. The Balaban J connectivity index is 2.62. The first-order valence-corrected chi connectivity index (χ1v) is 7.44.